The van der Waals surface area contributed by atoms with Crippen molar-refractivity contribution < 1.29 is 19.1 Å². The SMILES string of the molecule is CCCC/C=C/C1C=CC(CCCCCCCC(=O)OCC)C(C(=O)OCC)C1. The van der Waals surface area contributed by atoms with Crippen molar-refractivity contribution in [1.29, 1.82) is 0 Å². The lowest BCUT2D eigenvalue weighted by molar-refractivity contribution is -0.150. The molecule has 0 aromatic heterocycles. The first kappa shape index (κ1) is 25.5. The molecular formula is C25H42O4. The number of unbranched alkanes of at least 4 members (excludes halogenated alkanes) is 6. The first-order valence-electron chi connectivity index (χ1n) is 11.8. The third kappa shape index (κ3) is 11.3. The monoisotopic (exact) mass is 406 g/mol. The summed E-state index contributed by atoms with van der Waals surface area (Å²) in [5, 5.41) is 0. The van der Waals surface area contributed by atoms with Crippen LogP contribution < -0.4 is 0 Å². The summed E-state index contributed by atoms with van der Waals surface area (Å²) in [6.07, 6.45) is 20.4. The second kappa shape index (κ2) is 16.2. The van der Waals surface area contributed by atoms with Crippen LogP contribution in [0.5, 0.6) is 0 Å². The predicted molar refractivity (Wildman–Crippen MR) is 118 cm³/mol. The van der Waals surface area contributed by atoms with Crippen LogP contribution in [-0.4, -0.2) is 25.2 Å². The van der Waals surface area contributed by atoms with Gasteiger partial charge in [0.2, 0.25) is 0 Å². The van der Waals surface area contributed by atoms with Gasteiger partial charge >= 0.3 is 11.9 Å². The maximum atomic E-state index is 12.5. The van der Waals surface area contributed by atoms with Gasteiger partial charge in [0.1, 0.15) is 0 Å². The van der Waals surface area contributed by atoms with Crippen LogP contribution in [0.3, 0.4) is 0 Å². The summed E-state index contributed by atoms with van der Waals surface area (Å²) in [6, 6.07) is 0. The normalized spacial score (nSPS) is 21.4. The van der Waals surface area contributed by atoms with Gasteiger partial charge in [-0.1, -0.05) is 69.8 Å². The number of rotatable bonds is 15. The Morgan fingerprint density at radius 3 is 2.38 bits per heavy atom. The van der Waals surface area contributed by atoms with Crippen molar-refractivity contribution in [2.75, 3.05) is 13.2 Å². The van der Waals surface area contributed by atoms with Crippen LogP contribution in [0.15, 0.2) is 24.3 Å². The summed E-state index contributed by atoms with van der Waals surface area (Å²) in [6.45, 7) is 6.83. The first-order valence-corrected chi connectivity index (χ1v) is 11.8. The molecule has 0 spiro atoms. The molecule has 3 atom stereocenters. The van der Waals surface area contributed by atoms with Crippen molar-refractivity contribution in [3.8, 4) is 0 Å². The lowest BCUT2D eigenvalue weighted by atomic mass is 9.76. The van der Waals surface area contributed by atoms with Crippen LogP contribution in [0.25, 0.3) is 0 Å². The zero-order chi connectivity index (χ0) is 21.3. The molecule has 0 aromatic carbocycles. The molecular weight excluding hydrogens is 364 g/mol. The van der Waals surface area contributed by atoms with Crippen molar-refractivity contribution >= 4 is 11.9 Å². The van der Waals surface area contributed by atoms with Crippen LogP contribution in [0.2, 0.25) is 0 Å². The molecule has 4 nitrogen and oxygen atoms in total. The maximum Gasteiger partial charge on any atom is 0.309 e. The standard InChI is InChI=1S/C25H42O4/c1-4-7-8-12-15-21-18-19-22(23(20-21)25(27)29-6-3)16-13-10-9-11-14-17-24(26)28-5-2/h12,15,18-19,21-23H,4-11,13-14,16-17,20H2,1-3H3/b15-12+. The van der Waals surface area contributed by atoms with E-state index in [9.17, 15) is 9.59 Å². The lowest BCUT2D eigenvalue weighted by Crippen LogP contribution is -2.29. The molecule has 0 heterocycles. The van der Waals surface area contributed by atoms with Gasteiger partial charge in [-0.15, -0.1) is 0 Å². The second-order valence-corrected chi connectivity index (χ2v) is 7.99. The van der Waals surface area contributed by atoms with E-state index in [1.807, 2.05) is 13.8 Å². The van der Waals surface area contributed by atoms with Gasteiger partial charge in [-0.05, 0) is 51.4 Å². The average molecular weight is 407 g/mol. The highest BCUT2D eigenvalue weighted by atomic mass is 16.5. The van der Waals surface area contributed by atoms with E-state index in [2.05, 4.69) is 31.2 Å². The lowest BCUT2D eigenvalue weighted by Gasteiger charge is -2.29. The fourth-order valence-corrected chi connectivity index (χ4v) is 3.93. The fourth-order valence-electron chi connectivity index (χ4n) is 3.93. The van der Waals surface area contributed by atoms with Crippen molar-refractivity contribution in [2.45, 2.75) is 91.4 Å². The van der Waals surface area contributed by atoms with Crippen LogP contribution in [0.1, 0.15) is 91.4 Å². The van der Waals surface area contributed by atoms with Crippen LogP contribution in [0.4, 0.5) is 0 Å². The van der Waals surface area contributed by atoms with Gasteiger partial charge in [0.05, 0.1) is 19.1 Å². The third-order valence-electron chi connectivity index (χ3n) is 5.57. The number of carbonyl (C=O) groups excluding carboxylic acids is 2. The van der Waals surface area contributed by atoms with Gasteiger partial charge in [0.15, 0.2) is 0 Å². The molecule has 29 heavy (non-hydrogen) atoms. The van der Waals surface area contributed by atoms with Crippen molar-refractivity contribution in [1.82, 2.24) is 0 Å². The van der Waals surface area contributed by atoms with Gasteiger partial charge in [0, 0.05) is 6.42 Å². The topological polar surface area (TPSA) is 52.6 Å². The Morgan fingerprint density at radius 1 is 0.931 bits per heavy atom. The van der Waals surface area contributed by atoms with E-state index in [1.165, 1.54) is 12.8 Å². The molecule has 1 aliphatic rings. The van der Waals surface area contributed by atoms with Crippen LogP contribution >= 0.6 is 0 Å². The minimum atomic E-state index is -0.0876. The van der Waals surface area contributed by atoms with Crippen molar-refractivity contribution in [3.63, 3.8) is 0 Å². The van der Waals surface area contributed by atoms with Crippen molar-refractivity contribution in [2.24, 2.45) is 17.8 Å². The van der Waals surface area contributed by atoms with E-state index in [1.54, 1.807) is 0 Å². The van der Waals surface area contributed by atoms with E-state index < -0.39 is 0 Å². The smallest absolute Gasteiger partial charge is 0.309 e. The number of carbonyl (C=O) groups is 2. The van der Waals surface area contributed by atoms with Crippen LogP contribution in [0, 0.1) is 17.8 Å². The molecule has 3 unspecified atom stereocenters. The second-order valence-electron chi connectivity index (χ2n) is 7.99. The first-order chi connectivity index (χ1) is 14.1. The van der Waals surface area contributed by atoms with Gasteiger partial charge in [-0.25, -0.2) is 0 Å². The molecule has 1 rings (SSSR count). The molecule has 0 amide bonds. The summed E-state index contributed by atoms with van der Waals surface area (Å²) in [5.74, 6) is 0.484. The number of hydrogen-bond acceptors (Lipinski definition) is 4. The summed E-state index contributed by atoms with van der Waals surface area (Å²) >= 11 is 0. The molecule has 4 heteroatoms. The predicted octanol–water partition coefficient (Wildman–Crippen LogP) is 6.40. The Labute approximate surface area is 178 Å². The van der Waals surface area contributed by atoms with E-state index in [4.69, 9.17) is 9.47 Å². The Kier molecular flexibility index (Phi) is 14.3. The molecule has 0 bridgehead atoms. The van der Waals surface area contributed by atoms with Gasteiger partial charge in [0.25, 0.3) is 0 Å². The highest BCUT2D eigenvalue weighted by Crippen LogP contribution is 2.34. The molecule has 1 aliphatic carbocycles. The van der Waals surface area contributed by atoms with Gasteiger partial charge in [-0.3, -0.25) is 9.59 Å². The Hall–Kier alpha value is -1.58. The highest BCUT2D eigenvalue weighted by molar-refractivity contribution is 5.73. The molecule has 0 aromatic rings. The van der Waals surface area contributed by atoms with E-state index in [-0.39, 0.29) is 23.8 Å². The molecule has 0 N–H and O–H groups in total. The zero-order valence-corrected chi connectivity index (χ0v) is 18.9. The Morgan fingerprint density at radius 2 is 1.66 bits per heavy atom. The Balaban J connectivity index is 2.39. The molecule has 0 fully saturated rings. The van der Waals surface area contributed by atoms with E-state index in [0.717, 1.165) is 51.4 Å². The van der Waals surface area contributed by atoms with Crippen LogP contribution in [-0.2, 0) is 19.1 Å². The van der Waals surface area contributed by atoms with Crippen molar-refractivity contribution in [3.05, 3.63) is 24.3 Å². The number of hydrogen-bond donors (Lipinski definition) is 0. The van der Waals surface area contributed by atoms with Gasteiger partial charge < -0.3 is 9.47 Å². The summed E-state index contributed by atoms with van der Waals surface area (Å²) in [4.78, 5) is 23.8. The molecule has 0 saturated carbocycles. The minimum absolute atomic E-state index is 0.0235. The number of ether oxygens (including phenoxy) is 2. The summed E-state index contributed by atoms with van der Waals surface area (Å²) in [7, 11) is 0. The third-order valence-corrected chi connectivity index (χ3v) is 5.57. The average Bonchev–Trinajstić information content (AvgIpc) is 2.71. The van der Waals surface area contributed by atoms with Gasteiger partial charge in [-0.2, -0.15) is 0 Å². The number of allylic oxidation sites excluding steroid dienone is 4. The molecule has 0 radical (unpaired) electrons. The summed E-state index contributed by atoms with van der Waals surface area (Å²) < 4.78 is 10.3. The molecule has 0 saturated heterocycles. The Bertz CT molecular complexity index is 509. The molecule has 0 aliphatic heterocycles. The van der Waals surface area contributed by atoms with E-state index >= 15 is 0 Å². The maximum absolute atomic E-state index is 12.5. The molecule has 166 valence electrons. The highest BCUT2D eigenvalue weighted by Gasteiger charge is 2.32. The minimum Gasteiger partial charge on any atom is -0.466 e. The summed E-state index contributed by atoms with van der Waals surface area (Å²) in [5.41, 5.74) is 0. The number of esters is 2. The zero-order valence-electron chi connectivity index (χ0n) is 18.9. The fraction of sp³-hybridized carbons (Fsp3) is 0.760. The quantitative estimate of drug-likeness (QED) is 0.179. The van der Waals surface area contributed by atoms with E-state index in [0.29, 0.717) is 25.6 Å². The largest absolute Gasteiger partial charge is 0.466 e.